The first-order valence-corrected chi connectivity index (χ1v) is 4.65. The fraction of sp³-hybridized carbons (Fsp3) is 0.400. The molecule has 82 valence electrons. The van der Waals surface area contributed by atoms with Gasteiger partial charge in [0, 0.05) is 19.3 Å². The van der Waals surface area contributed by atoms with Gasteiger partial charge in [-0.3, -0.25) is 4.79 Å². The number of hydrogen-bond donors (Lipinski definition) is 2. The summed E-state index contributed by atoms with van der Waals surface area (Å²) in [6, 6.07) is 3.38. The Balaban J connectivity index is 2.79. The third kappa shape index (κ3) is 3.21. The van der Waals surface area contributed by atoms with Gasteiger partial charge in [0.05, 0.1) is 12.2 Å². The Bertz CT molecular complexity index is 341. The maximum atomic E-state index is 11.1. The Kier molecular flexibility index (Phi) is 4.05. The van der Waals surface area contributed by atoms with Crippen LogP contribution in [0.15, 0.2) is 18.3 Å². The maximum Gasteiger partial charge on any atom is 0.252 e. The lowest BCUT2D eigenvalue weighted by molar-refractivity contribution is 0.100. The van der Waals surface area contributed by atoms with E-state index in [2.05, 4.69) is 10.3 Å². The van der Waals surface area contributed by atoms with Crippen molar-refractivity contribution in [2.75, 3.05) is 19.0 Å². The molecule has 0 aromatic carbocycles. The Morgan fingerprint density at radius 3 is 3.07 bits per heavy atom. The van der Waals surface area contributed by atoms with Crippen molar-refractivity contribution in [2.24, 2.45) is 5.73 Å². The summed E-state index contributed by atoms with van der Waals surface area (Å²) in [5, 5.41) is 3.06. The molecule has 0 fully saturated rings. The highest BCUT2D eigenvalue weighted by Crippen LogP contribution is 2.11. The molecule has 1 heterocycles. The zero-order chi connectivity index (χ0) is 11.3. The number of amides is 1. The molecule has 1 unspecified atom stereocenters. The summed E-state index contributed by atoms with van der Waals surface area (Å²) < 4.78 is 4.97. The molecular weight excluding hydrogens is 194 g/mol. The van der Waals surface area contributed by atoms with E-state index in [1.54, 1.807) is 25.4 Å². The van der Waals surface area contributed by atoms with Crippen molar-refractivity contribution in [3.8, 4) is 0 Å². The number of carbonyl (C=O) groups excluding carboxylic acids is 1. The molecule has 0 aliphatic carbocycles. The molecule has 1 aromatic rings. The number of primary amides is 1. The lowest BCUT2D eigenvalue weighted by Gasteiger charge is -2.14. The summed E-state index contributed by atoms with van der Waals surface area (Å²) in [4.78, 5) is 15.1. The average Bonchev–Trinajstić information content (AvgIpc) is 2.18. The van der Waals surface area contributed by atoms with E-state index >= 15 is 0 Å². The monoisotopic (exact) mass is 209 g/mol. The SMILES string of the molecule is COCC(C)Nc1ncccc1C(N)=O. The second-order valence-corrected chi connectivity index (χ2v) is 3.26. The molecule has 3 N–H and O–H groups in total. The van der Waals surface area contributed by atoms with Gasteiger partial charge in [0.25, 0.3) is 5.91 Å². The molecule has 0 radical (unpaired) electrons. The first-order chi connectivity index (χ1) is 7.15. The van der Waals surface area contributed by atoms with E-state index in [1.165, 1.54) is 0 Å². The van der Waals surface area contributed by atoms with Crippen molar-refractivity contribution in [1.29, 1.82) is 0 Å². The number of nitrogens with one attached hydrogen (secondary N) is 1. The summed E-state index contributed by atoms with van der Waals surface area (Å²) in [7, 11) is 1.62. The minimum atomic E-state index is -0.491. The predicted octanol–water partition coefficient (Wildman–Crippen LogP) is 0.627. The summed E-state index contributed by atoms with van der Waals surface area (Å²) in [6.07, 6.45) is 1.61. The molecule has 1 amide bonds. The molecule has 0 aliphatic heterocycles. The molecule has 1 aromatic heterocycles. The van der Waals surface area contributed by atoms with Gasteiger partial charge in [0.1, 0.15) is 5.82 Å². The normalized spacial score (nSPS) is 12.1. The van der Waals surface area contributed by atoms with Gasteiger partial charge >= 0.3 is 0 Å². The van der Waals surface area contributed by atoms with Crippen LogP contribution in [0, 0.1) is 0 Å². The Labute approximate surface area is 88.6 Å². The lowest BCUT2D eigenvalue weighted by Crippen LogP contribution is -2.24. The van der Waals surface area contributed by atoms with E-state index in [0.717, 1.165) is 0 Å². The average molecular weight is 209 g/mol. The summed E-state index contributed by atoms with van der Waals surface area (Å²) in [6.45, 7) is 2.47. The third-order valence-corrected chi connectivity index (χ3v) is 1.87. The van der Waals surface area contributed by atoms with Crippen molar-refractivity contribution < 1.29 is 9.53 Å². The number of nitrogens with zero attached hydrogens (tertiary/aromatic N) is 1. The van der Waals surface area contributed by atoms with Gasteiger partial charge in [0.15, 0.2) is 0 Å². The predicted molar refractivity (Wildman–Crippen MR) is 57.7 cm³/mol. The highest BCUT2D eigenvalue weighted by molar-refractivity contribution is 5.97. The molecule has 0 aliphatic rings. The van der Waals surface area contributed by atoms with Crippen molar-refractivity contribution in [2.45, 2.75) is 13.0 Å². The van der Waals surface area contributed by atoms with Crippen LogP contribution in [0.1, 0.15) is 17.3 Å². The maximum absolute atomic E-state index is 11.1. The number of rotatable bonds is 5. The molecule has 15 heavy (non-hydrogen) atoms. The van der Waals surface area contributed by atoms with Crippen LogP contribution in [0.2, 0.25) is 0 Å². The van der Waals surface area contributed by atoms with Gasteiger partial charge in [-0.05, 0) is 19.1 Å². The van der Waals surface area contributed by atoms with Crippen LogP contribution < -0.4 is 11.1 Å². The zero-order valence-electron chi connectivity index (χ0n) is 8.86. The van der Waals surface area contributed by atoms with Gasteiger partial charge < -0.3 is 15.8 Å². The Morgan fingerprint density at radius 1 is 1.73 bits per heavy atom. The molecule has 5 heteroatoms. The van der Waals surface area contributed by atoms with Gasteiger partial charge in [0.2, 0.25) is 0 Å². The molecule has 0 spiro atoms. The number of nitrogens with two attached hydrogens (primary N) is 1. The summed E-state index contributed by atoms with van der Waals surface area (Å²) >= 11 is 0. The van der Waals surface area contributed by atoms with Crippen LogP contribution in [-0.2, 0) is 4.74 Å². The molecular formula is C10H15N3O2. The van der Waals surface area contributed by atoms with E-state index < -0.39 is 5.91 Å². The van der Waals surface area contributed by atoms with Crippen LogP contribution in [-0.4, -0.2) is 30.6 Å². The van der Waals surface area contributed by atoms with E-state index in [9.17, 15) is 4.79 Å². The smallest absolute Gasteiger partial charge is 0.252 e. The first-order valence-electron chi connectivity index (χ1n) is 4.65. The zero-order valence-corrected chi connectivity index (χ0v) is 8.86. The number of hydrogen-bond acceptors (Lipinski definition) is 4. The van der Waals surface area contributed by atoms with E-state index in [-0.39, 0.29) is 6.04 Å². The van der Waals surface area contributed by atoms with Crippen molar-refractivity contribution in [3.05, 3.63) is 23.9 Å². The molecule has 1 rings (SSSR count). The van der Waals surface area contributed by atoms with Crippen LogP contribution in [0.25, 0.3) is 0 Å². The van der Waals surface area contributed by atoms with Gasteiger partial charge in [-0.15, -0.1) is 0 Å². The Hall–Kier alpha value is -1.62. The number of aromatic nitrogens is 1. The van der Waals surface area contributed by atoms with Crippen LogP contribution in [0.3, 0.4) is 0 Å². The highest BCUT2D eigenvalue weighted by atomic mass is 16.5. The topological polar surface area (TPSA) is 77.2 Å². The third-order valence-electron chi connectivity index (χ3n) is 1.87. The van der Waals surface area contributed by atoms with E-state index in [0.29, 0.717) is 18.0 Å². The van der Waals surface area contributed by atoms with Crippen LogP contribution in [0.4, 0.5) is 5.82 Å². The number of carbonyl (C=O) groups is 1. The van der Waals surface area contributed by atoms with Gasteiger partial charge in [-0.1, -0.05) is 0 Å². The van der Waals surface area contributed by atoms with Crippen molar-refractivity contribution in [3.63, 3.8) is 0 Å². The molecule has 0 bridgehead atoms. The molecule has 1 atom stereocenters. The van der Waals surface area contributed by atoms with E-state index in [4.69, 9.17) is 10.5 Å². The molecule has 5 nitrogen and oxygen atoms in total. The first kappa shape index (κ1) is 11.5. The van der Waals surface area contributed by atoms with E-state index in [1.807, 2.05) is 6.92 Å². The lowest BCUT2D eigenvalue weighted by atomic mass is 10.2. The quantitative estimate of drug-likeness (QED) is 0.745. The number of ether oxygens (including phenoxy) is 1. The van der Waals surface area contributed by atoms with Crippen LogP contribution in [0.5, 0.6) is 0 Å². The summed E-state index contributed by atoms with van der Waals surface area (Å²) in [5.74, 6) is 0.00441. The van der Waals surface area contributed by atoms with Gasteiger partial charge in [-0.25, -0.2) is 4.98 Å². The number of anilines is 1. The summed E-state index contributed by atoms with van der Waals surface area (Å²) in [5.41, 5.74) is 5.60. The van der Waals surface area contributed by atoms with Gasteiger partial charge in [-0.2, -0.15) is 0 Å². The fourth-order valence-electron chi connectivity index (χ4n) is 1.24. The van der Waals surface area contributed by atoms with Crippen molar-refractivity contribution >= 4 is 11.7 Å². The number of pyridine rings is 1. The highest BCUT2D eigenvalue weighted by Gasteiger charge is 2.10. The Morgan fingerprint density at radius 2 is 2.47 bits per heavy atom. The fourth-order valence-corrected chi connectivity index (χ4v) is 1.24. The largest absolute Gasteiger partial charge is 0.383 e. The minimum absolute atomic E-state index is 0.0722. The molecule has 0 saturated heterocycles. The second kappa shape index (κ2) is 5.31. The molecule has 0 saturated carbocycles. The van der Waals surface area contributed by atoms with Crippen LogP contribution >= 0.6 is 0 Å². The second-order valence-electron chi connectivity index (χ2n) is 3.26. The number of methoxy groups -OCH3 is 1. The minimum Gasteiger partial charge on any atom is -0.383 e. The standard InChI is InChI=1S/C10H15N3O2/c1-7(6-15-2)13-10-8(9(11)14)4-3-5-12-10/h3-5,7H,6H2,1-2H3,(H2,11,14)(H,12,13). The van der Waals surface area contributed by atoms with Crippen molar-refractivity contribution in [1.82, 2.24) is 4.98 Å².